The number of nitrogens with zero attached hydrogens (tertiary/aromatic N) is 1. The van der Waals surface area contributed by atoms with Gasteiger partial charge in [-0.2, -0.15) is 0 Å². The number of carboxylic acid groups (broad SMARTS) is 1. The highest BCUT2D eigenvalue weighted by molar-refractivity contribution is 5.95. The Morgan fingerprint density at radius 2 is 2.14 bits per heavy atom. The molecule has 1 aromatic heterocycles. The van der Waals surface area contributed by atoms with Gasteiger partial charge in [0, 0.05) is 17.2 Å². The summed E-state index contributed by atoms with van der Waals surface area (Å²) in [5.74, 6) is -0.510. The second-order valence-electron chi connectivity index (χ2n) is 5.87. The van der Waals surface area contributed by atoms with Crippen LogP contribution in [0.1, 0.15) is 48.6 Å². The third-order valence-electron chi connectivity index (χ3n) is 4.13. The van der Waals surface area contributed by atoms with Gasteiger partial charge in [0.05, 0.1) is 5.52 Å². The Bertz CT molecular complexity index is 744. The van der Waals surface area contributed by atoms with Crippen LogP contribution in [0.5, 0.6) is 0 Å². The van der Waals surface area contributed by atoms with E-state index in [2.05, 4.69) is 19.9 Å². The van der Waals surface area contributed by atoms with E-state index in [0.29, 0.717) is 5.92 Å². The maximum Gasteiger partial charge on any atom is 0.328 e. The molecule has 0 saturated carbocycles. The lowest BCUT2D eigenvalue weighted by Crippen LogP contribution is -1.99. The predicted molar refractivity (Wildman–Crippen MR) is 84.5 cm³/mol. The van der Waals surface area contributed by atoms with Crippen LogP contribution in [0.15, 0.2) is 24.3 Å². The van der Waals surface area contributed by atoms with E-state index in [9.17, 15) is 4.79 Å². The largest absolute Gasteiger partial charge is 0.478 e. The summed E-state index contributed by atoms with van der Waals surface area (Å²) in [6, 6.07) is 6.21. The number of pyridine rings is 1. The Labute approximate surface area is 124 Å². The molecular weight excluding hydrogens is 262 g/mol. The summed E-state index contributed by atoms with van der Waals surface area (Å²) >= 11 is 0. The number of aromatic nitrogens is 1. The Kier molecular flexibility index (Phi) is 3.50. The van der Waals surface area contributed by atoms with Crippen LogP contribution in [0.25, 0.3) is 17.0 Å². The van der Waals surface area contributed by atoms with Gasteiger partial charge in [0.25, 0.3) is 0 Å². The molecule has 0 spiro atoms. The fourth-order valence-electron chi connectivity index (χ4n) is 3.15. The van der Waals surface area contributed by atoms with E-state index in [1.54, 1.807) is 6.08 Å². The van der Waals surface area contributed by atoms with Crippen molar-refractivity contribution in [1.29, 1.82) is 0 Å². The minimum Gasteiger partial charge on any atom is -0.478 e. The SMILES string of the molecule is CC(C)c1cccc2c(/C=C/C(=O)O)c3c(nc12)CCC3. The highest BCUT2D eigenvalue weighted by Crippen LogP contribution is 2.34. The van der Waals surface area contributed by atoms with Gasteiger partial charge < -0.3 is 5.11 Å². The van der Waals surface area contributed by atoms with Gasteiger partial charge in [-0.1, -0.05) is 32.0 Å². The summed E-state index contributed by atoms with van der Waals surface area (Å²) in [5, 5.41) is 10.0. The zero-order valence-corrected chi connectivity index (χ0v) is 12.4. The van der Waals surface area contributed by atoms with E-state index in [1.165, 1.54) is 17.2 Å². The summed E-state index contributed by atoms with van der Waals surface area (Å²) in [6.45, 7) is 4.33. The number of aryl methyl sites for hydroxylation is 1. The number of benzene rings is 1. The molecule has 1 aliphatic carbocycles. The molecule has 0 atom stereocenters. The molecule has 108 valence electrons. The van der Waals surface area contributed by atoms with Gasteiger partial charge in [-0.25, -0.2) is 4.79 Å². The fraction of sp³-hybridized carbons (Fsp3) is 0.333. The molecule has 1 heterocycles. The number of hydrogen-bond donors (Lipinski definition) is 1. The summed E-state index contributed by atoms with van der Waals surface area (Å²) in [4.78, 5) is 15.8. The van der Waals surface area contributed by atoms with Gasteiger partial charge in [-0.3, -0.25) is 4.98 Å². The van der Waals surface area contributed by atoms with Crippen molar-refractivity contribution < 1.29 is 9.90 Å². The molecule has 1 aromatic carbocycles. The Morgan fingerprint density at radius 3 is 2.86 bits per heavy atom. The second kappa shape index (κ2) is 5.32. The Morgan fingerprint density at radius 1 is 1.33 bits per heavy atom. The monoisotopic (exact) mass is 281 g/mol. The molecular formula is C18H19NO2. The first kappa shape index (κ1) is 13.8. The van der Waals surface area contributed by atoms with E-state index < -0.39 is 5.97 Å². The van der Waals surface area contributed by atoms with Gasteiger partial charge in [-0.05, 0) is 47.9 Å². The van der Waals surface area contributed by atoms with E-state index >= 15 is 0 Å². The Hall–Kier alpha value is -2.16. The lowest BCUT2D eigenvalue weighted by molar-refractivity contribution is -0.131. The smallest absolute Gasteiger partial charge is 0.328 e. The molecule has 1 aliphatic rings. The normalized spacial score (nSPS) is 14.2. The third kappa shape index (κ3) is 2.44. The first-order valence-corrected chi connectivity index (χ1v) is 7.43. The van der Waals surface area contributed by atoms with Crippen LogP contribution >= 0.6 is 0 Å². The molecule has 3 nitrogen and oxygen atoms in total. The summed E-state index contributed by atoms with van der Waals surface area (Å²) in [7, 11) is 0. The molecule has 0 amide bonds. The van der Waals surface area contributed by atoms with Crippen LogP contribution in [0, 0.1) is 0 Å². The van der Waals surface area contributed by atoms with Gasteiger partial charge >= 0.3 is 5.97 Å². The number of rotatable bonds is 3. The topological polar surface area (TPSA) is 50.2 Å². The van der Waals surface area contributed by atoms with Gasteiger partial charge in [-0.15, -0.1) is 0 Å². The molecule has 0 unspecified atom stereocenters. The number of aliphatic carboxylic acids is 1. The minimum absolute atomic E-state index is 0.400. The maximum absolute atomic E-state index is 10.9. The van der Waals surface area contributed by atoms with Crippen molar-refractivity contribution in [2.24, 2.45) is 0 Å². The average Bonchev–Trinajstić information content (AvgIpc) is 2.90. The molecule has 1 N–H and O–H groups in total. The highest BCUT2D eigenvalue weighted by atomic mass is 16.4. The zero-order chi connectivity index (χ0) is 15.0. The van der Waals surface area contributed by atoms with E-state index in [1.807, 2.05) is 12.1 Å². The maximum atomic E-state index is 10.9. The molecule has 0 bridgehead atoms. The van der Waals surface area contributed by atoms with Crippen molar-refractivity contribution in [3.63, 3.8) is 0 Å². The van der Waals surface area contributed by atoms with Crippen molar-refractivity contribution in [2.45, 2.75) is 39.0 Å². The highest BCUT2D eigenvalue weighted by Gasteiger charge is 2.20. The van der Waals surface area contributed by atoms with Gasteiger partial charge in [0.15, 0.2) is 0 Å². The first-order valence-electron chi connectivity index (χ1n) is 7.43. The fourth-order valence-corrected chi connectivity index (χ4v) is 3.15. The predicted octanol–water partition coefficient (Wildman–Crippen LogP) is 3.94. The first-order chi connectivity index (χ1) is 10.1. The molecule has 0 saturated heterocycles. The zero-order valence-electron chi connectivity index (χ0n) is 12.4. The summed E-state index contributed by atoms with van der Waals surface area (Å²) < 4.78 is 0. The van der Waals surface area contributed by atoms with Crippen LogP contribution in [0.3, 0.4) is 0 Å². The standard InChI is InChI=1S/C18H19NO2/c1-11(2)12-5-3-7-15-13(9-10-17(20)21)14-6-4-8-16(14)19-18(12)15/h3,5,7,9-11H,4,6,8H2,1-2H3,(H,20,21)/b10-9+. The molecule has 0 aliphatic heterocycles. The average molecular weight is 281 g/mol. The van der Waals surface area contributed by atoms with Crippen molar-refractivity contribution in [2.75, 3.05) is 0 Å². The van der Waals surface area contributed by atoms with Gasteiger partial charge in [0.2, 0.25) is 0 Å². The number of carboxylic acids is 1. The van der Waals surface area contributed by atoms with Crippen molar-refractivity contribution in [3.05, 3.63) is 46.7 Å². The molecule has 3 heteroatoms. The van der Waals surface area contributed by atoms with Crippen molar-refractivity contribution in [3.8, 4) is 0 Å². The Balaban J connectivity index is 2.33. The number of para-hydroxylation sites is 1. The van der Waals surface area contributed by atoms with E-state index in [-0.39, 0.29) is 0 Å². The van der Waals surface area contributed by atoms with E-state index in [0.717, 1.165) is 41.4 Å². The van der Waals surface area contributed by atoms with Crippen LogP contribution in [0.2, 0.25) is 0 Å². The molecule has 21 heavy (non-hydrogen) atoms. The molecule has 0 radical (unpaired) electrons. The van der Waals surface area contributed by atoms with Crippen LogP contribution in [0.4, 0.5) is 0 Å². The molecule has 2 aromatic rings. The third-order valence-corrected chi connectivity index (χ3v) is 4.13. The number of carbonyl (C=O) groups is 1. The summed E-state index contributed by atoms with van der Waals surface area (Å²) in [5.41, 5.74) is 5.66. The molecule has 0 fully saturated rings. The van der Waals surface area contributed by atoms with Crippen LogP contribution in [-0.2, 0) is 17.6 Å². The van der Waals surface area contributed by atoms with Crippen molar-refractivity contribution >= 4 is 22.9 Å². The van der Waals surface area contributed by atoms with Crippen molar-refractivity contribution in [1.82, 2.24) is 4.98 Å². The summed E-state index contributed by atoms with van der Waals surface area (Å²) in [6.07, 6.45) is 6.05. The van der Waals surface area contributed by atoms with E-state index in [4.69, 9.17) is 10.1 Å². The van der Waals surface area contributed by atoms with Crippen LogP contribution in [-0.4, -0.2) is 16.1 Å². The molecule has 3 rings (SSSR count). The minimum atomic E-state index is -0.910. The second-order valence-corrected chi connectivity index (χ2v) is 5.87. The quantitative estimate of drug-likeness (QED) is 0.867. The number of hydrogen-bond acceptors (Lipinski definition) is 2. The lowest BCUT2D eigenvalue weighted by Gasteiger charge is -2.14. The van der Waals surface area contributed by atoms with Gasteiger partial charge in [0.1, 0.15) is 0 Å². The number of fused-ring (bicyclic) bond motifs is 2. The lowest BCUT2D eigenvalue weighted by atomic mass is 9.94. The van der Waals surface area contributed by atoms with Crippen LogP contribution < -0.4 is 0 Å².